The summed E-state index contributed by atoms with van der Waals surface area (Å²) < 4.78 is 6.84. The average Bonchev–Trinajstić information content (AvgIpc) is 2.57. The van der Waals surface area contributed by atoms with Crippen LogP contribution in [0.4, 0.5) is 0 Å². The Morgan fingerprint density at radius 1 is 1.12 bits per heavy atom. The van der Waals surface area contributed by atoms with Gasteiger partial charge in [0.25, 0.3) is 0 Å². The summed E-state index contributed by atoms with van der Waals surface area (Å²) >= 11 is 13.0. The van der Waals surface area contributed by atoms with Gasteiger partial charge >= 0.3 is 0 Å². The Balaban J connectivity index is 2.18. The summed E-state index contributed by atoms with van der Waals surface area (Å²) in [7, 11) is -1.74. The Kier molecular flexibility index (Phi) is 7.81. The summed E-state index contributed by atoms with van der Waals surface area (Å²) in [6, 6.07) is 3.40. The predicted octanol–water partition coefficient (Wildman–Crippen LogP) is 7.81. The standard InChI is InChI=1S/C20H33Cl2NOSi/c1-5-25(6-2,7-3)24-18(10-8-11-20(4)12-9-13-20)19-16(21)14-23-15-17(19)22/h14-15,18H,5-13H2,1-4H3. The number of pyridine rings is 1. The van der Waals surface area contributed by atoms with Crippen molar-refractivity contribution >= 4 is 31.5 Å². The number of hydrogen-bond acceptors (Lipinski definition) is 2. The first kappa shape index (κ1) is 21.2. The smallest absolute Gasteiger partial charge is 0.192 e. The van der Waals surface area contributed by atoms with Crippen molar-refractivity contribution in [1.82, 2.24) is 4.98 Å². The van der Waals surface area contributed by atoms with Crippen LogP contribution in [0.1, 0.15) is 77.9 Å². The van der Waals surface area contributed by atoms with Crippen molar-refractivity contribution in [3.8, 4) is 0 Å². The van der Waals surface area contributed by atoms with E-state index >= 15 is 0 Å². The van der Waals surface area contributed by atoms with Gasteiger partial charge in [-0.05, 0) is 49.2 Å². The Morgan fingerprint density at radius 3 is 2.12 bits per heavy atom. The Labute approximate surface area is 164 Å². The van der Waals surface area contributed by atoms with E-state index in [0.29, 0.717) is 15.5 Å². The molecular weight excluding hydrogens is 369 g/mol. The van der Waals surface area contributed by atoms with Gasteiger partial charge in [-0.15, -0.1) is 0 Å². The van der Waals surface area contributed by atoms with Gasteiger partial charge in [0, 0.05) is 18.0 Å². The van der Waals surface area contributed by atoms with Crippen LogP contribution in [0.3, 0.4) is 0 Å². The summed E-state index contributed by atoms with van der Waals surface area (Å²) in [6.07, 6.45) is 10.9. The molecule has 0 amide bonds. The zero-order chi connectivity index (χ0) is 18.5. The van der Waals surface area contributed by atoms with Crippen LogP contribution in [0, 0.1) is 5.41 Å². The molecule has 0 aromatic carbocycles. The van der Waals surface area contributed by atoms with Crippen molar-refractivity contribution in [2.75, 3.05) is 0 Å². The summed E-state index contributed by atoms with van der Waals surface area (Å²) in [5.41, 5.74) is 1.50. The first-order chi connectivity index (χ1) is 11.9. The van der Waals surface area contributed by atoms with Gasteiger partial charge in [0.1, 0.15) is 0 Å². The minimum absolute atomic E-state index is 0.00167. The van der Waals surface area contributed by atoms with Crippen molar-refractivity contribution in [3.63, 3.8) is 0 Å². The molecule has 1 unspecified atom stereocenters. The van der Waals surface area contributed by atoms with Gasteiger partial charge in [0.05, 0.1) is 16.1 Å². The van der Waals surface area contributed by atoms with Crippen molar-refractivity contribution < 1.29 is 4.43 Å². The molecule has 1 aliphatic carbocycles. The van der Waals surface area contributed by atoms with E-state index in [1.807, 2.05) is 0 Å². The fraction of sp³-hybridized carbons (Fsp3) is 0.750. The molecule has 2 nitrogen and oxygen atoms in total. The number of aromatic nitrogens is 1. The van der Waals surface area contributed by atoms with E-state index < -0.39 is 8.32 Å². The molecule has 5 heteroatoms. The van der Waals surface area contributed by atoms with Gasteiger partial charge in [0.15, 0.2) is 8.32 Å². The maximum Gasteiger partial charge on any atom is 0.192 e. The first-order valence-electron chi connectivity index (χ1n) is 9.85. The zero-order valence-electron chi connectivity index (χ0n) is 16.2. The Hall–Kier alpha value is -0.0931. The van der Waals surface area contributed by atoms with E-state index in [0.717, 1.165) is 36.5 Å². The van der Waals surface area contributed by atoms with Gasteiger partial charge in [-0.1, -0.05) is 63.7 Å². The Morgan fingerprint density at radius 2 is 1.68 bits per heavy atom. The SMILES string of the molecule is CC[Si](CC)(CC)OC(CCCC1(C)CCC1)c1c(Cl)cncc1Cl. The lowest BCUT2D eigenvalue weighted by molar-refractivity contribution is 0.123. The highest BCUT2D eigenvalue weighted by Gasteiger charge is 2.35. The van der Waals surface area contributed by atoms with E-state index in [4.69, 9.17) is 27.6 Å². The maximum atomic E-state index is 6.84. The second kappa shape index (κ2) is 9.21. The van der Waals surface area contributed by atoms with Crippen LogP contribution < -0.4 is 0 Å². The lowest BCUT2D eigenvalue weighted by Gasteiger charge is -2.39. The molecular formula is C20H33Cl2NOSi. The van der Waals surface area contributed by atoms with E-state index in [1.54, 1.807) is 12.4 Å². The summed E-state index contributed by atoms with van der Waals surface area (Å²) in [5, 5.41) is 1.28. The molecule has 142 valence electrons. The van der Waals surface area contributed by atoms with Crippen LogP contribution in [-0.2, 0) is 4.43 Å². The molecule has 0 N–H and O–H groups in total. The fourth-order valence-corrected chi connectivity index (χ4v) is 7.48. The average molecular weight is 402 g/mol. The van der Waals surface area contributed by atoms with Crippen molar-refractivity contribution in [2.24, 2.45) is 5.41 Å². The van der Waals surface area contributed by atoms with E-state index in [9.17, 15) is 0 Å². The van der Waals surface area contributed by atoms with Gasteiger partial charge in [0.2, 0.25) is 0 Å². The second-order valence-corrected chi connectivity index (χ2v) is 13.5. The lowest BCUT2D eigenvalue weighted by atomic mass is 9.67. The van der Waals surface area contributed by atoms with E-state index in [2.05, 4.69) is 32.7 Å². The molecule has 1 aromatic rings. The second-order valence-electron chi connectivity index (χ2n) is 7.92. The minimum Gasteiger partial charge on any atom is -0.410 e. The van der Waals surface area contributed by atoms with E-state index in [1.165, 1.54) is 25.7 Å². The third-order valence-corrected chi connectivity index (χ3v) is 11.6. The molecule has 0 bridgehead atoms. The third kappa shape index (κ3) is 5.21. The highest BCUT2D eigenvalue weighted by atomic mass is 35.5. The van der Waals surface area contributed by atoms with E-state index in [-0.39, 0.29) is 6.10 Å². The highest BCUT2D eigenvalue weighted by Crippen LogP contribution is 2.46. The van der Waals surface area contributed by atoms with Crippen LogP contribution in [0.15, 0.2) is 12.4 Å². The van der Waals surface area contributed by atoms with Crippen LogP contribution >= 0.6 is 23.2 Å². The first-order valence-corrected chi connectivity index (χ1v) is 13.1. The summed E-state index contributed by atoms with van der Waals surface area (Å²) in [6.45, 7) is 9.21. The molecule has 0 aliphatic heterocycles. The lowest BCUT2D eigenvalue weighted by Crippen LogP contribution is -2.37. The number of rotatable bonds is 10. The molecule has 1 aromatic heterocycles. The van der Waals surface area contributed by atoms with Gasteiger partial charge < -0.3 is 4.43 Å². The van der Waals surface area contributed by atoms with Crippen LogP contribution in [0.25, 0.3) is 0 Å². The summed E-state index contributed by atoms with van der Waals surface area (Å²) in [5.74, 6) is 0. The molecule has 0 saturated heterocycles. The van der Waals surface area contributed by atoms with Crippen molar-refractivity contribution in [1.29, 1.82) is 0 Å². The Bertz CT molecular complexity index is 530. The molecule has 1 atom stereocenters. The fourth-order valence-electron chi connectivity index (χ4n) is 4.04. The molecule has 0 spiro atoms. The summed E-state index contributed by atoms with van der Waals surface area (Å²) in [4.78, 5) is 4.12. The number of nitrogens with zero attached hydrogens (tertiary/aromatic N) is 1. The van der Waals surface area contributed by atoms with Crippen molar-refractivity contribution in [2.45, 2.75) is 90.5 Å². The van der Waals surface area contributed by atoms with Gasteiger partial charge in [-0.2, -0.15) is 0 Å². The van der Waals surface area contributed by atoms with Gasteiger partial charge in [-0.3, -0.25) is 4.98 Å². The number of hydrogen-bond donors (Lipinski definition) is 0. The molecule has 1 aliphatic rings. The normalized spacial score (nSPS) is 18.0. The molecule has 1 heterocycles. The monoisotopic (exact) mass is 401 g/mol. The van der Waals surface area contributed by atoms with Crippen molar-refractivity contribution in [3.05, 3.63) is 28.0 Å². The molecule has 1 saturated carbocycles. The molecule has 1 fully saturated rings. The topological polar surface area (TPSA) is 22.1 Å². The molecule has 25 heavy (non-hydrogen) atoms. The van der Waals surface area contributed by atoms with Crippen LogP contribution in [0.5, 0.6) is 0 Å². The predicted molar refractivity (Wildman–Crippen MR) is 111 cm³/mol. The quantitative estimate of drug-likeness (QED) is 0.372. The van der Waals surface area contributed by atoms with Crippen LogP contribution in [0.2, 0.25) is 28.2 Å². The highest BCUT2D eigenvalue weighted by molar-refractivity contribution is 6.73. The maximum absolute atomic E-state index is 6.84. The zero-order valence-corrected chi connectivity index (χ0v) is 18.7. The molecule has 2 rings (SSSR count). The minimum atomic E-state index is -1.74. The van der Waals surface area contributed by atoms with Gasteiger partial charge in [-0.25, -0.2) is 0 Å². The third-order valence-electron chi connectivity index (χ3n) is 6.34. The molecule has 0 radical (unpaired) electrons. The number of halogens is 2. The van der Waals surface area contributed by atoms with Crippen LogP contribution in [-0.4, -0.2) is 13.3 Å². The largest absolute Gasteiger partial charge is 0.410 e.